The summed E-state index contributed by atoms with van der Waals surface area (Å²) in [6, 6.07) is 6.38. The van der Waals surface area contributed by atoms with Gasteiger partial charge < -0.3 is 88.0 Å². The molecule has 0 bridgehead atoms. The minimum absolute atomic E-state index is 0.0200. The van der Waals surface area contributed by atoms with Crippen molar-refractivity contribution in [2.75, 3.05) is 52.3 Å². The number of H-pyrrole nitrogens is 1. The number of phenolic OH excluding ortho intramolecular Hbond substituents is 1. The number of urea groups is 1. The maximum atomic E-state index is 15.6. The number of aliphatic carboxylic acids is 1. The molecule has 9 rings (SSSR count). The first-order valence-corrected chi connectivity index (χ1v) is 44.4. The number of halogens is 4. The summed E-state index contributed by atoms with van der Waals surface area (Å²) in [6.45, 7) is 7.33. The van der Waals surface area contributed by atoms with E-state index in [1.807, 2.05) is 0 Å². The van der Waals surface area contributed by atoms with Crippen molar-refractivity contribution in [3.8, 4) is 5.75 Å². The number of thioether (sulfide) groups is 1. The molecule has 5 aromatic carbocycles. The number of hydrogen-bond donors (Lipinski definition) is 13. The van der Waals surface area contributed by atoms with Gasteiger partial charge in [0.25, 0.3) is 5.91 Å². The largest absolute Gasteiger partial charge is 0.508 e. The van der Waals surface area contributed by atoms with Crippen molar-refractivity contribution in [2.24, 2.45) is 17.6 Å². The van der Waals surface area contributed by atoms with Crippen LogP contribution < -0.4 is 53.6 Å². The van der Waals surface area contributed by atoms with Gasteiger partial charge in [-0.3, -0.25) is 77.2 Å². The number of nitrogens with zero attached hydrogens (tertiary/aromatic N) is 5. The lowest BCUT2D eigenvalue weighted by atomic mass is 9.97. The maximum absolute atomic E-state index is 15.6. The van der Waals surface area contributed by atoms with E-state index in [9.17, 15) is 52.6 Å². The highest BCUT2D eigenvalue weighted by Gasteiger charge is 2.46. The second-order valence-electron chi connectivity index (χ2n) is 33.7. The molecule has 0 spiro atoms. The summed E-state index contributed by atoms with van der Waals surface area (Å²) in [5, 5.41) is 44.4. The molecule has 130 heavy (non-hydrogen) atoms. The fourth-order valence-corrected chi connectivity index (χ4v) is 17.0. The van der Waals surface area contributed by atoms with Crippen LogP contribution in [0.4, 0.5) is 22.4 Å². The number of aromatic amines is 1. The lowest BCUT2D eigenvalue weighted by Crippen LogP contribution is -2.62. The molecule has 14 N–H and O–H groups in total. The van der Waals surface area contributed by atoms with Gasteiger partial charge in [0.2, 0.25) is 76.8 Å². The van der Waals surface area contributed by atoms with E-state index in [-0.39, 0.29) is 87.8 Å². The van der Waals surface area contributed by atoms with E-state index < -0.39 is 246 Å². The second kappa shape index (κ2) is 47.4. The number of nitrogens with two attached hydrogens (primary N) is 1. The summed E-state index contributed by atoms with van der Waals surface area (Å²) in [6.07, 6.45) is -0.464. The molecule has 3 fully saturated rings. The summed E-state index contributed by atoms with van der Waals surface area (Å²) < 4.78 is 59.6. The number of phenols is 1. The number of carboxylic acid groups (broad SMARTS) is 1. The average Bonchev–Trinajstić information content (AvgIpc) is 1.13. The fraction of sp³-hybridized carbons (Fsp3) is 0.473. The number of hydrogen-bond acceptors (Lipinski definition) is 18. The molecule has 34 nitrogen and oxygen atoms in total. The average molecular weight is 1830 g/mol. The highest BCUT2D eigenvalue weighted by molar-refractivity contribution is 8.00. The van der Waals surface area contributed by atoms with Crippen molar-refractivity contribution < 1.29 is 104 Å². The smallest absolute Gasteiger partial charge is 0.322 e. The number of primary amides is 1. The summed E-state index contributed by atoms with van der Waals surface area (Å²) in [4.78, 5) is 244. The minimum atomic E-state index is -1.91. The molecule has 3 aliphatic heterocycles. The van der Waals surface area contributed by atoms with Crippen LogP contribution in [0.15, 0.2) is 121 Å². The predicted molar refractivity (Wildman–Crippen MR) is 470 cm³/mol. The number of unbranched alkanes of at least 4 members (excludes halogenated alkanes) is 1. The van der Waals surface area contributed by atoms with Crippen LogP contribution in [-0.2, 0) is 104 Å². The van der Waals surface area contributed by atoms with Gasteiger partial charge in [-0.05, 0) is 133 Å². The molecule has 6 aromatic rings. The number of aromatic nitrogens is 1. The molecule has 700 valence electrons. The number of carboxylic acids is 1. The lowest BCUT2D eigenvalue weighted by molar-refractivity contribution is -0.152. The number of rotatable bonds is 22. The van der Waals surface area contributed by atoms with Crippen molar-refractivity contribution in [3.05, 3.63) is 173 Å². The number of carbonyl (C=O) groups is 16. The summed E-state index contributed by atoms with van der Waals surface area (Å²) >= 11 is 0.656. The van der Waals surface area contributed by atoms with Crippen LogP contribution in [-0.4, -0.2) is 259 Å². The van der Waals surface area contributed by atoms with Crippen LogP contribution in [0.2, 0.25) is 0 Å². The second-order valence-corrected chi connectivity index (χ2v) is 34.7. The van der Waals surface area contributed by atoms with Gasteiger partial charge in [-0.1, -0.05) is 120 Å². The third-order valence-corrected chi connectivity index (χ3v) is 24.2. The highest BCUT2D eigenvalue weighted by Crippen LogP contribution is 2.29. The van der Waals surface area contributed by atoms with E-state index in [0.717, 1.165) is 33.9 Å². The third kappa shape index (κ3) is 27.8. The number of amides is 16. The van der Waals surface area contributed by atoms with Gasteiger partial charge in [-0.2, -0.15) is 0 Å². The van der Waals surface area contributed by atoms with Gasteiger partial charge in [-0.15, -0.1) is 11.8 Å². The molecular weight excluding hydrogens is 1710 g/mol. The first kappa shape index (κ1) is 101. The molecule has 0 saturated carbocycles. The van der Waals surface area contributed by atoms with Crippen molar-refractivity contribution in [1.82, 2.24) is 77.3 Å². The number of para-hydroxylation sites is 1. The molecule has 0 unspecified atom stereocenters. The molecule has 1 aromatic heterocycles. The normalized spacial score (nSPS) is 23.3. The van der Waals surface area contributed by atoms with Crippen LogP contribution in [0.25, 0.3) is 10.9 Å². The van der Waals surface area contributed by atoms with Crippen molar-refractivity contribution in [2.45, 2.75) is 210 Å². The number of likely N-dealkylation sites (N-methyl/N-ethyl adjacent to an activating group) is 3. The first-order valence-electron chi connectivity index (χ1n) is 43.2. The van der Waals surface area contributed by atoms with Gasteiger partial charge >= 0.3 is 12.0 Å². The van der Waals surface area contributed by atoms with Crippen molar-refractivity contribution in [1.29, 1.82) is 0 Å². The Morgan fingerprint density at radius 2 is 1.09 bits per heavy atom. The maximum Gasteiger partial charge on any atom is 0.322 e. The molecule has 0 radical (unpaired) electrons. The van der Waals surface area contributed by atoms with E-state index >= 15 is 51.9 Å². The summed E-state index contributed by atoms with van der Waals surface area (Å²) in [5.41, 5.74) is 7.25. The Morgan fingerprint density at radius 3 is 1.75 bits per heavy atom. The monoisotopic (exact) mass is 1830 g/mol. The SMILES string of the molecule is CCCC[C@H]1C(=O)N2CCC[C@@H]2C(=O)NC(=O)N[C@@H](C(C)C)C(=O)N(C)[C@@H](Cc2ccccc2)C(=O)N[C@@H](CCC(=O)O)C(=O)N2CCCC[C@@H]2C(=O)N[C@@H](Cc2c[nH]c3ccccc23)C(=O)N[C@@H](Cc2ccc(O)cc2)C(=O)N[C@@H](CC(C)C)C(=O)N[C@H](C(=O)NCC(N)=O)CSCC(=O)N[C@@H](Cc2cc(F)c(F)c(F)c2)C(=O)N(C)[C@@H](Cc2ccc(F)cc2)C(=O)N1C. The Kier molecular flexibility index (Phi) is 36.7. The van der Waals surface area contributed by atoms with Crippen molar-refractivity contribution >= 4 is 117 Å². The number of benzene rings is 5. The molecule has 0 aliphatic carbocycles. The third-order valence-electron chi connectivity index (χ3n) is 23.2. The fourth-order valence-electron chi connectivity index (χ4n) is 16.1. The van der Waals surface area contributed by atoms with Gasteiger partial charge in [0.15, 0.2) is 17.5 Å². The van der Waals surface area contributed by atoms with E-state index in [1.54, 1.807) is 95.4 Å². The zero-order valence-electron chi connectivity index (χ0n) is 73.6. The Bertz CT molecular complexity index is 5070. The van der Waals surface area contributed by atoms with Crippen LogP contribution in [0.3, 0.4) is 0 Å². The molecule has 39 heteroatoms. The van der Waals surface area contributed by atoms with Gasteiger partial charge in [0.05, 0.1) is 12.3 Å². The number of nitrogens with one attached hydrogen (secondary N) is 10. The van der Waals surface area contributed by atoms with E-state index in [4.69, 9.17) is 5.73 Å². The van der Waals surface area contributed by atoms with Gasteiger partial charge in [0, 0.05) is 95.6 Å². The number of aromatic hydroxyl groups is 1. The molecule has 16 amide bonds. The zero-order valence-corrected chi connectivity index (χ0v) is 74.5. The zero-order chi connectivity index (χ0) is 94.9. The van der Waals surface area contributed by atoms with Gasteiger partial charge in [0.1, 0.15) is 84.1 Å². The van der Waals surface area contributed by atoms with E-state index in [1.165, 1.54) is 60.3 Å². The summed E-state index contributed by atoms with van der Waals surface area (Å²) in [5.74, 6) is -23.6. The number of piperidine rings is 1. The Hall–Kier alpha value is -13.0. The van der Waals surface area contributed by atoms with Crippen LogP contribution >= 0.6 is 11.8 Å². The number of carbonyl (C=O) groups excluding carboxylic acids is 15. The Labute approximate surface area is 753 Å². The lowest BCUT2D eigenvalue weighted by Gasteiger charge is -2.38. The Morgan fingerprint density at radius 1 is 0.538 bits per heavy atom. The molecule has 3 aliphatic rings. The molecule has 4 heterocycles. The quantitative estimate of drug-likeness (QED) is 0.0337. The van der Waals surface area contributed by atoms with Crippen LogP contribution in [0.5, 0.6) is 5.75 Å². The van der Waals surface area contributed by atoms with Crippen LogP contribution in [0.1, 0.15) is 133 Å². The van der Waals surface area contributed by atoms with Gasteiger partial charge in [-0.25, -0.2) is 22.4 Å². The van der Waals surface area contributed by atoms with E-state index in [2.05, 4.69) is 52.8 Å². The van der Waals surface area contributed by atoms with Crippen molar-refractivity contribution in [3.63, 3.8) is 0 Å². The Balaban J connectivity index is 1.13. The number of imide groups is 1. The summed E-state index contributed by atoms with van der Waals surface area (Å²) in [7, 11) is 3.67. The van der Waals surface area contributed by atoms with Crippen LogP contribution in [0, 0.1) is 35.1 Å². The molecule has 3 saturated heterocycles. The highest BCUT2D eigenvalue weighted by atomic mass is 32.2. The molecule has 12 atom stereocenters. The predicted octanol–water partition coefficient (Wildman–Crippen LogP) is 4.00. The standard InChI is InChI=1S/C91H114F4N16O18S/c1-9-10-23-71-89(127)111-37-18-25-70(111)84(122)106-91(129)105-78(51(4)5)90(128)108(7)72(43-52-19-12-11-13-20-52)85(123)100-63(34-35-76(115)116)87(125)110-36-17-16-24-69(110)83(121)103-66(45-56-46-97-62-22-15-14-21-59(56)62)82(120)102-65(41-53-28-32-58(112)33-29-53)81(119)101-64(38-50(2)3)80(118)104-68(79(117)98-47-74(96)113)48-130-49-75(114)99-67(42-55-39-60(93)77(95)61(94)40-55)86(124)109(8)73(88(126)107(71)6)44-54-26-30-57(92)31-27-54/h11-15,19-22,26-33,39-40,46,50-51,63-73,78,97,112H,9-10,16-18,23-25,34-38,41-45,47-49H2,1-8H3,(H2,96,113)(H,98,117)(H,99,114)(H,100,123)(H,101,119)(H,102,120)(H,103,121)(H,104,118)(H,115,116)(H2,105,106,122,129)/t63-,64-,65-,66-,67-,68-,69+,70+,71-,72-,73-,78-/m0/s1. The number of fused-ring (bicyclic) bond motifs is 3. The van der Waals surface area contributed by atoms with E-state index in [0.29, 0.717) is 70.8 Å². The minimum Gasteiger partial charge on any atom is -0.508 e. The first-order chi connectivity index (χ1) is 61.8. The topological polar surface area (TPSA) is 480 Å². The molecular formula is C91H114F4N16O18S.